The number of pyridine rings is 1. The van der Waals surface area contributed by atoms with E-state index in [4.69, 9.17) is 10.7 Å². The summed E-state index contributed by atoms with van der Waals surface area (Å²) in [7, 11) is 0. The fourth-order valence-electron chi connectivity index (χ4n) is 5.08. The van der Waals surface area contributed by atoms with Crippen LogP contribution in [0.25, 0.3) is 0 Å². The fourth-order valence-corrected chi connectivity index (χ4v) is 5.08. The van der Waals surface area contributed by atoms with Crippen molar-refractivity contribution in [3.05, 3.63) is 53.9 Å². The molecule has 27 heavy (non-hydrogen) atoms. The van der Waals surface area contributed by atoms with Crippen LogP contribution in [-0.4, -0.2) is 42.1 Å². The van der Waals surface area contributed by atoms with Gasteiger partial charge < -0.3 is 11.1 Å². The van der Waals surface area contributed by atoms with Crippen molar-refractivity contribution in [1.82, 2.24) is 15.2 Å². The summed E-state index contributed by atoms with van der Waals surface area (Å²) in [6, 6.07) is 5.39. The molecule has 4 rings (SSSR count). The van der Waals surface area contributed by atoms with Gasteiger partial charge >= 0.3 is 0 Å². The second-order valence-electron chi connectivity index (χ2n) is 8.38. The van der Waals surface area contributed by atoms with Crippen LogP contribution >= 0.6 is 0 Å². The number of fused-ring (bicyclic) bond motifs is 2. The van der Waals surface area contributed by atoms with Gasteiger partial charge in [-0.15, -0.1) is 0 Å². The molecule has 1 aromatic heterocycles. The van der Waals surface area contributed by atoms with Crippen molar-refractivity contribution in [2.45, 2.75) is 50.6 Å². The largest absolute Gasteiger partial charge is 0.330 e. The number of allylic oxidation sites excluding steroid dienone is 3. The second-order valence-corrected chi connectivity index (χ2v) is 8.38. The molecule has 0 bridgehead atoms. The van der Waals surface area contributed by atoms with E-state index in [2.05, 4.69) is 46.7 Å². The predicted molar refractivity (Wildman–Crippen MR) is 111 cm³/mol. The highest BCUT2D eigenvalue weighted by molar-refractivity contribution is 5.25. The van der Waals surface area contributed by atoms with Gasteiger partial charge in [0, 0.05) is 25.3 Å². The van der Waals surface area contributed by atoms with Gasteiger partial charge in [0.25, 0.3) is 0 Å². The van der Waals surface area contributed by atoms with Gasteiger partial charge in [0.15, 0.2) is 0 Å². The Morgan fingerprint density at radius 1 is 1.19 bits per heavy atom. The molecule has 3 aliphatic rings. The molecule has 0 amide bonds. The quantitative estimate of drug-likeness (QED) is 0.728. The van der Waals surface area contributed by atoms with Crippen molar-refractivity contribution in [1.29, 1.82) is 0 Å². The van der Waals surface area contributed by atoms with Crippen molar-refractivity contribution < 1.29 is 0 Å². The Bertz CT molecular complexity index is 668. The third kappa shape index (κ3) is 4.50. The van der Waals surface area contributed by atoms with Gasteiger partial charge in [-0.2, -0.15) is 0 Å². The number of piperidine rings is 1. The maximum Gasteiger partial charge on any atom is 0.0607 e. The van der Waals surface area contributed by atoms with E-state index in [-0.39, 0.29) is 0 Å². The lowest BCUT2D eigenvalue weighted by Crippen LogP contribution is -2.50. The average molecular weight is 367 g/mol. The van der Waals surface area contributed by atoms with Crippen molar-refractivity contribution in [2.24, 2.45) is 17.6 Å². The van der Waals surface area contributed by atoms with E-state index in [1.165, 1.54) is 43.4 Å². The van der Waals surface area contributed by atoms with Crippen molar-refractivity contribution in [2.75, 3.05) is 26.2 Å². The summed E-state index contributed by atoms with van der Waals surface area (Å²) in [6.45, 7) is 4.13. The van der Waals surface area contributed by atoms with Crippen LogP contribution in [0, 0.1) is 11.8 Å². The molecule has 2 unspecified atom stereocenters. The molecule has 0 saturated carbocycles. The van der Waals surface area contributed by atoms with Crippen molar-refractivity contribution in [3.63, 3.8) is 0 Å². The fraction of sp³-hybridized carbons (Fsp3) is 0.609. The monoisotopic (exact) mass is 366 g/mol. The molecule has 4 nitrogen and oxygen atoms in total. The van der Waals surface area contributed by atoms with Crippen LogP contribution in [0.2, 0.25) is 0 Å². The lowest BCUT2D eigenvalue weighted by molar-refractivity contribution is 0.134. The topological polar surface area (TPSA) is 54.2 Å². The zero-order valence-electron chi connectivity index (χ0n) is 16.4. The van der Waals surface area contributed by atoms with Gasteiger partial charge in [-0.05, 0) is 75.1 Å². The van der Waals surface area contributed by atoms with Crippen molar-refractivity contribution >= 4 is 0 Å². The summed E-state index contributed by atoms with van der Waals surface area (Å²) in [5, 5.41) is 3.83. The van der Waals surface area contributed by atoms with Gasteiger partial charge in [-0.1, -0.05) is 30.4 Å². The zero-order valence-corrected chi connectivity index (χ0v) is 16.4. The Morgan fingerprint density at radius 2 is 2.07 bits per heavy atom. The number of nitrogens with one attached hydrogen (secondary N) is 1. The lowest BCUT2D eigenvalue weighted by Gasteiger charge is -2.41. The Labute approximate surface area is 163 Å². The van der Waals surface area contributed by atoms with Gasteiger partial charge in [0.2, 0.25) is 0 Å². The maximum atomic E-state index is 5.77. The third-order valence-electron chi connectivity index (χ3n) is 6.54. The molecule has 146 valence electrons. The van der Waals surface area contributed by atoms with E-state index in [0.717, 1.165) is 32.6 Å². The average Bonchev–Trinajstić information content (AvgIpc) is 2.73. The molecule has 0 spiro atoms. The molecule has 1 fully saturated rings. The molecule has 4 atom stereocenters. The minimum absolute atomic E-state index is 0.467. The van der Waals surface area contributed by atoms with E-state index in [1.54, 1.807) is 0 Å². The molecule has 0 aromatic carbocycles. The Morgan fingerprint density at radius 3 is 2.96 bits per heavy atom. The molecule has 2 heterocycles. The normalized spacial score (nSPS) is 29.6. The summed E-state index contributed by atoms with van der Waals surface area (Å²) in [5.41, 5.74) is 8.55. The van der Waals surface area contributed by atoms with Crippen LogP contribution in [0.15, 0.2) is 42.6 Å². The van der Waals surface area contributed by atoms with E-state index in [0.29, 0.717) is 23.9 Å². The van der Waals surface area contributed by atoms with E-state index >= 15 is 0 Å². The first-order chi connectivity index (χ1) is 13.3. The third-order valence-corrected chi connectivity index (χ3v) is 6.54. The summed E-state index contributed by atoms with van der Waals surface area (Å²) in [6.07, 6.45) is 18.4. The smallest absolute Gasteiger partial charge is 0.0607 e. The summed E-state index contributed by atoms with van der Waals surface area (Å²) in [4.78, 5) is 7.51. The standard InChI is InChI=1S/C23H34N4/c24-12-3-4-14-27(22-11-5-9-18-10-6-13-25-23(18)22)17-21-15-19-7-1-2-8-20(19)16-26-21/h1-2,6-8,10,13,19-22,26H,3-5,9,11-12,14-17,24H2/t19?,20?,21-,22+/m1/s1. The summed E-state index contributed by atoms with van der Waals surface area (Å²) in [5.74, 6) is 1.37. The number of nitrogens with two attached hydrogens (primary N) is 1. The number of hydrogen-bond acceptors (Lipinski definition) is 4. The number of hydrogen-bond donors (Lipinski definition) is 2. The van der Waals surface area contributed by atoms with Crippen LogP contribution < -0.4 is 11.1 Å². The highest BCUT2D eigenvalue weighted by Gasteiger charge is 2.32. The molecule has 3 N–H and O–H groups in total. The molecular weight excluding hydrogens is 332 g/mol. The Balaban J connectivity index is 1.46. The van der Waals surface area contributed by atoms with Gasteiger partial charge in [0.05, 0.1) is 11.7 Å². The summed E-state index contributed by atoms with van der Waals surface area (Å²) < 4.78 is 0. The molecule has 1 aromatic rings. The second kappa shape index (κ2) is 9.13. The van der Waals surface area contributed by atoms with E-state index in [1.807, 2.05) is 6.20 Å². The van der Waals surface area contributed by atoms with Crippen LogP contribution in [0.1, 0.15) is 49.4 Å². The molecule has 0 radical (unpaired) electrons. The van der Waals surface area contributed by atoms with Gasteiger partial charge in [-0.3, -0.25) is 9.88 Å². The minimum Gasteiger partial charge on any atom is -0.330 e. The zero-order chi connectivity index (χ0) is 18.5. The van der Waals surface area contributed by atoms with E-state index < -0.39 is 0 Å². The molecule has 1 aliphatic heterocycles. The lowest BCUT2D eigenvalue weighted by atomic mass is 9.80. The maximum absolute atomic E-state index is 5.77. The number of rotatable bonds is 7. The first kappa shape index (κ1) is 18.9. The molecular formula is C23H34N4. The highest BCUT2D eigenvalue weighted by atomic mass is 15.2. The highest BCUT2D eigenvalue weighted by Crippen LogP contribution is 2.34. The molecule has 1 saturated heterocycles. The predicted octanol–water partition coefficient (Wildman–Crippen LogP) is 3.22. The molecule has 4 heteroatoms. The van der Waals surface area contributed by atoms with Crippen LogP contribution in [0.3, 0.4) is 0 Å². The van der Waals surface area contributed by atoms with Crippen LogP contribution in [-0.2, 0) is 6.42 Å². The number of aryl methyl sites for hydroxylation is 1. The van der Waals surface area contributed by atoms with Gasteiger partial charge in [0.1, 0.15) is 0 Å². The first-order valence-electron chi connectivity index (χ1n) is 10.8. The van der Waals surface area contributed by atoms with Crippen molar-refractivity contribution in [3.8, 4) is 0 Å². The number of nitrogens with zero attached hydrogens (tertiary/aromatic N) is 2. The first-order valence-corrected chi connectivity index (χ1v) is 10.8. The van der Waals surface area contributed by atoms with E-state index in [9.17, 15) is 0 Å². The minimum atomic E-state index is 0.467. The summed E-state index contributed by atoms with van der Waals surface area (Å²) >= 11 is 0. The van der Waals surface area contributed by atoms with Crippen LogP contribution in [0.4, 0.5) is 0 Å². The molecule has 2 aliphatic carbocycles. The number of aromatic nitrogens is 1. The Kier molecular flexibility index (Phi) is 6.38. The van der Waals surface area contributed by atoms with Gasteiger partial charge in [-0.25, -0.2) is 0 Å². The Hall–Kier alpha value is -1.49. The van der Waals surface area contributed by atoms with Crippen LogP contribution in [0.5, 0.6) is 0 Å². The number of unbranched alkanes of at least 4 members (excludes halogenated alkanes) is 1. The SMILES string of the molecule is NCCCCN(C[C@H]1CC2C=CC=CC2CN1)[C@H]1CCCc2cccnc21.